The second kappa shape index (κ2) is 2.11. The molecule has 31 valence electrons. The number of methoxy groups -OCH3 is 1. The van der Waals surface area contributed by atoms with E-state index in [1.807, 2.05) is 0 Å². The van der Waals surface area contributed by atoms with Crippen LogP contribution >= 0.6 is 0 Å². The number of aliphatic hydroxyl groups is 1. The predicted molar refractivity (Wildman–Crippen MR) is 13.3 cm³/mol. The smallest absolute Gasteiger partial charge is 0.333 e. The highest BCUT2D eigenvalue weighted by atomic mass is 19.2. The minimum Gasteiger partial charge on any atom is -0.333 e. The van der Waals surface area contributed by atoms with Gasteiger partial charge in [0, 0.05) is 7.11 Å². The van der Waals surface area contributed by atoms with Crippen LogP contribution in [0.5, 0.6) is 0 Å². The summed E-state index contributed by atoms with van der Waals surface area (Å²) in [7, 11) is 1.04. The van der Waals surface area contributed by atoms with Gasteiger partial charge in [-0.05, 0) is 0 Å². The molecule has 0 bridgehead atoms. The quantitative estimate of drug-likeness (QED) is 0.493. The summed E-state index contributed by atoms with van der Waals surface area (Å²) < 4.78 is 14.2. The molecule has 3 heteroatoms. The molecule has 0 fully saturated rings. The minimum atomic E-state index is -1.50. The van der Waals surface area contributed by atoms with Gasteiger partial charge in [0.05, 0.1) is 0 Å². The van der Waals surface area contributed by atoms with Gasteiger partial charge in [0.2, 0.25) is 0 Å². The second-order valence-corrected chi connectivity index (χ2v) is 0.457. The van der Waals surface area contributed by atoms with Crippen LogP contribution in [0.15, 0.2) is 0 Å². The van der Waals surface area contributed by atoms with E-state index in [0.29, 0.717) is 0 Å². The summed E-state index contributed by atoms with van der Waals surface area (Å²) in [6, 6.07) is 0. The van der Waals surface area contributed by atoms with Crippen LogP contribution in [-0.2, 0) is 4.74 Å². The van der Waals surface area contributed by atoms with Crippen molar-refractivity contribution in [3.05, 3.63) is 6.54 Å². The zero-order valence-corrected chi connectivity index (χ0v) is 2.73. The minimum absolute atomic E-state index is 1.04. The molecule has 0 spiro atoms. The lowest BCUT2D eigenvalue weighted by atomic mass is 11.3. The van der Waals surface area contributed by atoms with Crippen molar-refractivity contribution in [3.63, 3.8) is 0 Å². The highest BCUT2D eigenvalue weighted by Gasteiger charge is 1.92. The van der Waals surface area contributed by atoms with Crippen LogP contribution in [0.1, 0.15) is 0 Å². The molecule has 0 aromatic carbocycles. The molecule has 0 unspecified atom stereocenters. The Balaban J connectivity index is 2.54. The lowest BCUT2D eigenvalue weighted by Gasteiger charge is -1.85. The normalized spacial score (nSPS) is 9.60. The summed E-state index contributed by atoms with van der Waals surface area (Å²) in [6.07, 6.45) is 0. The topological polar surface area (TPSA) is 29.5 Å². The van der Waals surface area contributed by atoms with Crippen molar-refractivity contribution in [1.29, 1.82) is 0 Å². The summed E-state index contributed by atoms with van der Waals surface area (Å²) in [6.45, 7) is -1.50. The molecule has 1 radical (unpaired) electrons. The molecule has 0 saturated carbocycles. The molecule has 0 aromatic rings. The lowest BCUT2D eigenvalue weighted by molar-refractivity contribution is -0.0487. The third-order valence-corrected chi connectivity index (χ3v) is 0.168. The molecule has 0 aliphatic carbocycles. The Morgan fingerprint density at radius 2 is 2.20 bits per heavy atom. The van der Waals surface area contributed by atoms with Gasteiger partial charge in [-0.2, -0.15) is 4.39 Å². The highest BCUT2D eigenvalue weighted by molar-refractivity contribution is 4.25. The average Bonchev–Trinajstić information content (AvgIpc) is 1.38. The van der Waals surface area contributed by atoms with Crippen LogP contribution in [0.3, 0.4) is 0 Å². The van der Waals surface area contributed by atoms with Gasteiger partial charge in [-0.25, -0.2) is 0 Å². The van der Waals surface area contributed by atoms with E-state index >= 15 is 0 Å². The number of halogens is 1. The largest absolute Gasteiger partial charge is 0.406 e. The van der Waals surface area contributed by atoms with Crippen molar-refractivity contribution in [3.8, 4) is 0 Å². The fraction of sp³-hybridized carbons (Fsp3) is 0.500. The molecule has 0 atom stereocenters. The summed E-state index contributed by atoms with van der Waals surface area (Å²) in [5, 5.41) is 7.39. The number of hydrogen-bond donors (Lipinski definition) is 1. The molecule has 0 aliphatic rings. The fourth-order valence-electron chi connectivity index (χ4n) is 0. The first-order valence-corrected chi connectivity index (χ1v) is 1.02. The summed E-state index contributed by atoms with van der Waals surface area (Å²) in [5.41, 5.74) is 0. The van der Waals surface area contributed by atoms with Crippen molar-refractivity contribution < 1.29 is 14.2 Å². The zero-order valence-electron chi connectivity index (χ0n) is 2.73. The molecular weight excluding hydrogens is 75.0 g/mol. The van der Waals surface area contributed by atoms with Gasteiger partial charge in [-0.15, -0.1) is 0 Å². The Hall–Kier alpha value is -0.150. The van der Waals surface area contributed by atoms with Gasteiger partial charge in [-0.3, -0.25) is 0 Å². The first kappa shape index (κ1) is 4.85. The van der Waals surface area contributed by atoms with Crippen LogP contribution in [-0.4, -0.2) is 12.2 Å². The van der Waals surface area contributed by atoms with Crippen LogP contribution in [0.25, 0.3) is 0 Å². The van der Waals surface area contributed by atoms with Crippen molar-refractivity contribution in [2.24, 2.45) is 0 Å². The maximum absolute atomic E-state index is 10.7. The van der Waals surface area contributed by atoms with E-state index in [-0.39, 0.29) is 0 Å². The standard InChI is InChI=1S/C2H4FO2/c1-5-2(3)4/h4H,1H3. The Morgan fingerprint density at radius 3 is 2.20 bits per heavy atom. The SMILES string of the molecule is CO[C](O)F. The zero-order chi connectivity index (χ0) is 4.28. The van der Waals surface area contributed by atoms with E-state index in [0.717, 1.165) is 7.11 Å². The van der Waals surface area contributed by atoms with Crippen LogP contribution in [0, 0.1) is 6.54 Å². The number of rotatable bonds is 1. The maximum atomic E-state index is 10.7. The molecule has 0 amide bonds. The first-order valence-electron chi connectivity index (χ1n) is 1.02. The van der Waals surface area contributed by atoms with E-state index in [9.17, 15) is 4.39 Å². The summed E-state index contributed by atoms with van der Waals surface area (Å²) in [4.78, 5) is 0. The van der Waals surface area contributed by atoms with Crippen molar-refractivity contribution >= 4 is 0 Å². The third kappa shape index (κ3) is 3.85. The number of hydrogen-bond acceptors (Lipinski definition) is 2. The molecular formula is C2H4FO2. The van der Waals surface area contributed by atoms with E-state index in [1.54, 1.807) is 0 Å². The molecule has 5 heavy (non-hydrogen) atoms. The van der Waals surface area contributed by atoms with Crippen molar-refractivity contribution in [1.82, 2.24) is 0 Å². The molecule has 0 saturated heterocycles. The Morgan fingerprint density at radius 1 is 2.00 bits per heavy atom. The van der Waals surface area contributed by atoms with Crippen LogP contribution in [0.2, 0.25) is 0 Å². The van der Waals surface area contributed by atoms with Gasteiger partial charge in [0.25, 0.3) is 0 Å². The number of ether oxygens (including phenoxy) is 1. The fourth-order valence-corrected chi connectivity index (χ4v) is 0. The maximum Gasteiger partial charge on any atom is 0.406 e. The average molecular weight is 79.1 g/mol. The number of aliphatic hydroxyl groups excluding tert-OH is 1. The molecule has 0 rings (SSSR count). The van der Waals surface area contributed by atoms with Gasteiger partial charge < -0.3 is 9.84 Å². The monoisotopic (exact) mass is 79.0 g/mol. The molecule has 1 N–H and O–H groups in total. The van der Waals surface area contributed by atoms with Crippen molar-refractivity contribution in [2.45, 2.75) is 0 Å². The Bertz CT molecular complexity index is 21.6. The molecule has 0 heterocycles. The third-order valence-electron chi connectivity index (χ3n) is 0.168. The Kier molecular flexibility index (Phi) is 2.05. The van der Waals surface area contributed by atoms with E-state index < -0.39 is 6.54 Å². The van der Waals surface area contributed by atoms with E-state index in [2.05, 4.69) is 4.74 Å². The highest BCUT2D eigenvalue weighted by Crippen LogP contribution is 1.89. The van der Waals surface area contributed by atoms with Gasteiger partial charge in [-0.1, -0.05) is 0 Å². The predicted octanol–water partition coefficient (Wildman–Crippen LogP) is 0.422. The van der Waals surface area contributed by atoms with Crippen LogP contribution in [0.4, 0.5) is 4.39 Å². The van der Waals surface area contributed by atoms with Gasteiger partial charge >= 0.3 is 6.54 Å². The summed E-state index contributed by atoms with van der Waals surface area (Å²) >= 11 is 0. The second-order valence-electron chi connectivity index (χ2n) is 0.457. The molecule has 0 aromatic heterocycles. The molecule has 2 nitrogen and oxygen atoms in total. The van der Waals surface area contributed by atoms with E-state index in [4.69, 9.17) is 5.11 Å². The molecule has 0 aliphatic heterocycles. The lowest BCUT2D eigenvalue weighted by Crippen LogP contribution is -1.85. The van der Waals surface area contributed by atoms with Gasteiger partial charge in [0.1, 0.15) is 0 Å². The summed E-state index contributed by atoms with van der Waals surface area (Å²) in [5.74, 6) is 0. The van der Waals surface area contributed by atoms with E-state index in [1.165, 1.54) is 0 Å². The van der Waals surface area contributed by atoms with Crippen molar-refractivity contribution in [2.75, 3.05) is 7.11 Å². The Labute approximate surface area is 29.2 Å². The van der Waals surface area contributed by atoms with Crippen LogP contribution < -0.4 is 0 Å². The first-order chi connectivity index (χ1) is 2.27. The van der Waals surface area contributed by atoms with Gasteiger partial charge in [0.15, 0.2) is 0 Å².